The van der Waals surface area contributed by atoms with Crippen LogP contribution >= 0.6 is 0 Å². The molecule has 2 aromatic carbocycles. The van der Waals surface area contributed by atoms with Crippen LogP contribution in [-0.4, -0.2) is 19.7 Å². The second-order valence-electron chi connectivity index (χ2n) is 6.32. The van der Waals surface area contributed by atoms with Crippen molar-refractivity contribution >= 4 is 9.84 Å². The van der Waals surface area contributed by atoms with Crippen molar-refractivity contribution in [1.82, 2.24) is 4.98 Å². The molecule has 3 nitrogen and oxygen atoms in total. The molecular formula is C22H21NO2S. The summed E-state index contributed by atoms with van der Waals surface area (Å²) < 4.78 is 24.6. The van der Waals surface area contributed by atoms with Crippen molar-refractivity contribution in [1.29, 1.82) is 0 Å². The first-order valence-corrected chi connectivity index (χ1v) is 10.3. The van der Waals surface area contributed by atoms with E-state index in [1.54, 1.807) is 12.1 Å². The number of benzene rings is 2. The van der Waals surface area contributed by atoms with Crippen LogP contribution in [0.5, 0.6) is 0 Å². The van der Waals surface area contributed by atoms with Crippen LogP contribution in [0.3, 0.4) is 0 Å². The average molecular weight is 363 g/mol. The van der Waals surface area contributed by atoms with Gasteiger partial charge in [-0.3, -0.25) is 4.98 Å². The minimum atomic E-state index is -3.37. The van der Waals surface area contributed by atoms with E-state index in [0.29, 0.717) is 10.5 Å². The summed E-state index contributed by atoms with van der Waals surface area (Å²) in [6.07, 6.45) is 4.92. The van der Waals surface area contributed by atoms with Crippen molar-refractivity contribution in [2.24, 2.45) is 0 Å². The summed E-state index contributed by atoms with van der Waals surface area (Å²) in [7, 11) is -3.37. The van der Waals surface area contributed by atoms with E-state index in [0.717, 1.165) is 22.4 Å². The minimum absolute atomic E-state index is 0.122. The summed E-state index contributed by atoms with van der Waals surface area (Å²) in [6, 6.07) is 18.9. The maximum Gasteiger partial charge on any atom is 0.176 e. The highest BCUT2D eigenvalue weighted by molar-refractivity contribution is 7.90. The van der Waals surface area contributed by atoms with Crippen LogP contribution in [-0.2, 0) is 9.84 Å². The maximum absolute atomic E-state index is 12.3. The molecule has 1 heterocycles. The van der Waals surface area contributed by atoms with E-state index in [-0.39, 0.29) is 5.92 Å². The number of aromatic nitrogens is 1. The van der Waals surface area contributed by atoms with E-state index in [4.69, 9.17) is 0 Å². The Morgan fingerprint density at radius 1 is 1.00 bits per heavy atom. The van der Waals surface area contributed by atoms with Gasteiger partial charge in [0.1, 0.15) is 0 Å². The van der Waals surface area contributed by atoms with Gasteiger partial charge in [-0.15, -0.1) is 6.58 Å². The van der Waals surface area contributed by atoms with Gasteiger partial charge in [-0.1, -0.05) is 61.5 Å². The SMILES string of the molecule is C=CC(C)c1cnc(-c2ccccc2)c(-c2ccccc2S(C)(=O)=O)c1. The Balaban J connectivity index is 2.33. The van der Waals surface area contributed by atoms with E-state index in [1.165, 1.54) is 6.26 Å². The van der Waals surface area contributed by atoms with E-state index in [1.807, 2.05) is 67.7 Å². The van der Waals surface area contributed by atoms with Crippen molar-refractivity contribution in [3.05, 3.63) is 85.1 Å². The van der Waals surface area contributed by atoms with Gasteiger partial charge in [0.25, 0.3) is 0 Å². The van der Waals surface area contributed by atoms with Crippen LogP contribution in [0.1, 0.15) is 18.4 Å². The molecular weight excluding hydrogens is 342 g/mol. The molecule has 4 heteroatoms. The smallest absolute Gasteiger partial charge is 0.176 e. The molecule has 0 aliphatic rings. The minimum Gasteiger partial charge on any atom is -0.255 e. The molecule has 0 aliphatic carbocycles. The van der Waals surface area contributed by atoms with Gasteiger partial charge in [0.15, 0.2) is 9.84 Å². The maximum atomic E-state index is 12.3. The lowest BCUT2D eigenvalue weighted by molar-refractivity contribution is 0.602. The highest BCUT2D eigenvalue weighted by Crippen LogP contribution is 2.36. The van der Waals surface area contributed by atoms with Gasteiger partial charge in [-0.2, -0.15) is 0 Å². The molecule has 0 fully saturated rings. The van der Waals surface area contributed by atoms with E-state index in [2.05, 4.69) is 11.6 Å². The molecule has 0 saturated carbocycles. The zero-order chi connectivity index (χ0) is 18.7. The van der Waals surface area contributed by atoms with Crippen molar-refractivity contribution in [3.8, 4) is 22.4 Å². The molecule has 0 aliphatic heterocycles. The molecule has 0 spiro atoms. The first-order chi connectivity index (χ1) is 12.4. The standard InChI is InChI=1S/C22H21NO2S/c1-4-16(2)18-14-20(19-12-8-9-13-21(19)26(3,24)25)22(23-15-18)17-10-6-5-7-11-17/h4-16H,1H2,2-3H3. The Bertz CT molecular complexity index is 1040. The lowest BCUT2D eigenvalue weighted by Crippen LogP contribution is -2.02. The summed E-state index contributed by atoms with van der Waals surface area (Å²) in [6.45, 7) is 5.89. The van der Waals surface area contributed by atoms with E-state index in [9.17, 15) is 8.42 Å². The Kier molecular flexibility index (Phi) is 5.05. The van der Waals surface area contributed by atoms with Crippen LogP contribution in [0.4, 0.5) is 0 Å². The zero-order valence-corrected chi connectivity index (χ0v) is 15.7. The molecule has 1 atom stereocenters. The second kappa shape index (κ2) is 7.26. The number of sulfone groups is 1. The van der Waals surface area contributed by atoms with Crippen molar-refractivity contribution in [2.45, 2.75) is 17.7 Å². The fourth-order valence-corrected chi connectivity index (χ4v) is 3.81. The number of nitrogens with zero attached hydrogens (tertiary/aromatic N) is 1. The largest absolute Gasteiger partial charge is 0.255 e. The summed E-state index contributed by atoms with van der Waals surface area (Å²) in [5.74, 6) is 0.122. The Labute approximate surface area is 155 Å². The fourth-order valence-electron chi connectivity index (χ4n) is 2.91. The topological polar surface area (TPSA) is 47.0 Å². The van der Waals surface area contributed by atoms with Crippen molar-refractivity contribution < 1.29 is 8.42 Å². The first kappa shape index (κ1) is 18.1. The van der Waals surface area contributed by atoms with Gasteiger partial charge in [-0.05, 0) is 17.7 Å². The third kappa shape index (κ3) is 3.60. The highest BCUT2D eigenvalue weighted by Gasteiger charge is 2.19. The van der Waals surface area contributed by atoms with Gasteiger partial charge in [0, 0.05) is 35.1 Å². The third-order valence-electron chi connectivity index (χ3n) is 4.41. The molecule has 0 saturated heterocycles. The number of allylic oxidation sites excluding steroid dienone is 1. The normalized spacial score (nSPS) is 12.5. The zero-order valence-electron chi connectivity index (χ0n) is 14.9. The number of pyridine rings is 1. The summed E-state index contributed by atoms with van der Waals surface area (Å²) in [5, 5.41) is 0. The predicted molar refractivity (Wildman–Crippen MR) is 107 cm³/mol. The van der Waals surface area contributed by atoms with Gasteiger partial charge >= 0.3 is 0 Å². The Hall–Kier alpha value is -2.72. The summed E-state index contributed by atoms with van der Waals surface area (Å²) in [4.78, 5) is 4.98. The molecule has 0 bridgehead atoms. The van der Waals surface area contributed by atoms with Crippen molar-refractivity contribution in [3.63, 3.8) is 0 Å². The summed E-state index contributed by atoms with van der Waals surface area (Å²) in [5.41, 5.74) is 4.19. The third-order valence-corrected chi connectivity index (χ3v) is 5.57. The highest BCUT2D eigenvalue weighted by atomic mass is 32.2. The molecule has 0 amide bonds. The Morgan fingerprint density at radius 2 is 1.65 bits per heavy atom. The van der Waals surface area contributed by atoms with Crippen molar-refractivity contribution in [2.75, 3.05) is 6.26 Å². The lowest BCUT2D eigenvalue weighted by atomic mass is 9.94. The quantitative estimate of drug-likeness (QED) is 0.592. The van der Waals surface area contributed by atoms with Gasteiger partial charge in [-0.25, -0.2) is 8.42 Å². The number of hydrogen-bond donors (Lipinski definition) is 0. The first-order valence-electron chi connectivity index (χ1n) is 8.39. The fraction of sp³-hybridized carbons (Fsp3) is 0.136. The number of hydrogen-bond acceptors (Lipinski definition) is 3. The van der Waals surface area contributed by atoms with E-state index >= 15 is 0 Å². The van der Waals surface area contributed by atoms with Crippen LogP contribution in [0, 0.1) is 0 Å². The molecule has 1 aromatic heterocycles. The van der Waals surface area contributed by atoms with E-state index < -0.39 is 9.84 Å². The molecule has 132 valence electrons. The molecule has 0 radical (unpaired) electrons. The summed E-state index contributed by atoms with van der Waals surface area (Å²) >= 11 is 0. The van der Waals surface area contributed by atoms with Crippen LogP contribution < -0.4 is 0 Å². The molecule has 3 aromatic rings. The lowest BCUT2D eigenvalue weighted by Gasteiger charge is -2.16. The van der Waals surface area contributed by atoms with Crippen LogP contribution in [0.2, 0.25) is 0 Å². The molecule has 26 heavy (non-hydrogen) atoms. The van der Waals surface area contributed by atoms with Gasteiger partial charge in [0.05, 0.1) is 10.6 Å². The average Bonchev–Trinajstić information content (AvgIpc) is 2.67. The Morgan fingerprint density at radius 3 is 2.31 bits per heavy atom. The molecule has 0 N–H and O–H groups in total. The van der Waals surface area contributed by atoms with Gasteiger partial charge in [0.2, 0.25) is 0 Å². The second-order valence-corrected chi connectivity index (χ2v) is 8.31. The molecule has 1 unspecified atom stereocenters. The molecule has 3 rings (SSSR count). The monoisotopic (exact) mass is 363 g/mol. The van der Waals surface area contributed by atoms with Gasteiger partial charge < -0.3 is 0 Å². The predicted octanol–water partition coefficient (Wildman–Crippen LogP) is 5.11. The number of rotatable bonds is 5. The van der Waals surface area contributed by atoms with Crippen LogP contribution in [0.25, 0.3) is 22.4 Å². The van der Waals surface area contributed by atoms with Crippen LogP contribution in [0.15, 0.2) is 84.4 Å².